The van der Waals surface area contributed by atoms with E-state index >= 15 is 0 Å². The number of hydrogen-bond acceptors (Lipinski definition) is 7. The maximum atomic E-state index is 11.8. The number of phenols is 1. The minimum atomic E-state index is -0.482. The zero-order valence-electron chi connectivity index (χ0n) is 17.6. The second kappa shape index (κ2) is 10.1. The van der Waals surface area contributed by atoms with Gasteiger partial charge in [0.05, 0.1) is 7.11 Å². The third-order valence-electron chi connectivity index (χ3n) is 4.63. The van der Waals surface area contributed by atoms with Gasteiger partial charge in [0.1, 0.15) is 47.2 Å². The summed E-state index contributed by atoms with van der Waals surface area (Å²) in [7, 11) is 1.59. The van der Waals surface area contributed by atoms with Gasteiger partial charge >= 0.3 is 5.97 Å². The Kier molecular flexibility index (Phi) is 6.75. The summed E-state index contributed by atoms with van der Waals surface area (Å²) in [6.45, 7) is 0.185. The highest BCUT2D eigenvalue weighted by molar-refractivity contribution is 6.31. The number of rotatable bonds is 8. The van der Waals surface area contributed by atoms with Gasteiger partial charge in [-0.05, 0) is 54.1 Å². The number of benzene rings is 3. The molecule has 1 aromatic heterocycles. The minimum absolute atomic E-state index is 0.0567. The number of aromatic hydroxyl groups is 1. The molecule has 1 N–H and O–H groups in total. The average Bonchev–Trinajstić information content (AvgIpc) is 3.23. The van der Waals surface area contributed by atoms with Crippen molar-refractivity contribution in [1.29, 1.82) is 0 Å². The number of nitrogens with zero attached hydrogens (tertiary/aromatic N) is 3. The maximum Gasteiger partial charge on any atom is 0.330 e. The van der Waals surface area contributed by atoms with Crippen LogP contribution in [-0.2, 0) is 9.53 Å². The molecule has 0 amide bonds. The predicted molar refractivity (Wildman–Crippen MR) is 124 cm³/mol. The van der Waals surface area contributed by atoms with E-state index in [1.165, 1.54) is 16.9 Å². The number of hydrogen-bond donors (Lipinski definition) is 1. The number of carbonyl (C=O) groups excluding carboxylic acids is 1. The predicted octanol–water partition coefficient (Wildman–Crippen LogP) is 4.42. The zero-order valence-corrected chi connectivity index (χ0v) is 18.4. The third-order valence-corrected chi connectivity index (χ3v) is 4.86. The van der Waals surface area contributed by atoms with Gasteiger partial charge in [0.15, 0.2) is 0 Å². The Morgan fingerprint density at radius 3 is 2.52 bits per heavy atom. The van der Waals surface area contributed by atoms with Gasteiger partial charge in [-0.2, -0.15) is 0 Å². The van der Waals surface area contributed by atoms with Gasteiger partial charge in [-0.25, -0.2) is 4.79 Å². The molecule has 0 saturated heterocycles. The molecule has 1 heterocycles. The normalized spacial score (nSPS) is 11.1. The van der Waals surface area contributed by atoms with Crippen LogP contribution < -0.4 is 9.47 Å². The Morgan fingerprint density at radius 1 is 1.00 bits per heavy atom. The maximum absolute atomic E-state index is 11.8. The fraction of sp³-hybridized carbons (Fsp3) is 0.125. The highest BCUT2D eigenvalue weighted by Crippen LogP contribution is 2.27. The van der Waals surface area contributed by atoms with Gasteiger partial charge in [-0.15, -0.1) is 15.0 Å². The minimum Gasteiger partial charge on any atom is -0.505 e. The molecule has 0 bridgehead atoms. The number of carbonyl (C=O) groups is 1. The van der Waals surface area contributed by atoms with Gasteiger partial charge in [-0.3, -0.25) is 0 Å². The van der Waals surface area contributed by atoms with Crippen LogP contribution in [0.1, 0.15) is 5.56 Å². The highest BCUT2D eigenvalue weighted by Gasteiger charge is 2.10. The second-order valence-electron chi connectivity index (χ2n) is 6.90. The molecule has 0 fully saturated rings. The van der Waals surface area contributed by atoms with E-state index in [1.807, 2.05) is 12.1 Å². The van der Waals surface area contributed by atoms with Gasteiger partial charge in [0.2, 0.25) is 0 Å². The standard InChI is InChI=1S/C24H20ClN3O5/c1-31-18-6-2-16(3-7-18)4-11-24(30)33-13-12-32-19-8-10-22(23(29)15-19)28-26-20-9-5-17(25)14-21(20)27-28/h2-11,14-15,29H,12-13H2,1H3. The Morgan fingerprint density at radius 2 is 1.76 bits per heavy atom. The summed E-state index contributed by atoms with van der Waals surface area (Å²) in [5.74, 6) is 0.619. The first-order chi connectivity index (χ1) is 16.0. The van der Waals surface area contributed by atoms with Gasteiger partial charge in [-0.1, -0.05) is 23.7 Å². The van der Waals surface area contributed by atoms with Crippen LogP contribution in [0.15, 0.2) is 66.7 Å². The van der Waals surface area contributed by atoms with Crippen LogP contribution >= 0.6 is 11.6 Å². The van der Waals surface area contributed by atoms with E-state index in [0.717, 1.165) is 11.3 Å². The van der Waals surface area contributed by atoms with Crippen LogP contribution in [0, 0.1) is 0 Å². The van der Waals surface area contributed by atoms with Crippen molar-refractivity contribution in [2.45, 2.75) is 0 Å². The first-order valence-corrected chi connectivity index (χ1v) is 10.4. The highest BCUT2D eigenvalue weighted by atomic mass is 35.5. The molecule has 8 nitrogen and oxygen atoms in total. The van der Waals surface area contributed by atoms with Crippen LogP contribution in [-0.4, -0.2) is 46.4 Å². The Labute approximate surface area is 194 Å². The number of ether oxygens (including phenoxy) is 3. The molecule has 33 heavy (non-hydrogen) atoms. The second-order valence-corrected chi connectivity index (χ2v) is 7.33. The molecule has 0 saturated carbocycles. The number of phenolic OH excluding ortho intramolecular Hbond substituents is 1. The number of fused-ring (bicyclic) bond motifs is 1. The van der Waals surface area contributed by atoms with Crippen molar-refractivity contribution in [1.82, 2.24) is 15.0 Å². The third kappa shape index (κ3) is 5.61. The molecule has 4 aromatic rings. The van der Waals surface area contributed by atoms with Crippen molar-refractivity contribution in [2.75, 3.05) is 20.3 Å². The van der Waals surface area contributed by atoms with Crippen molar-refractivity contribution in [3.8, 4) is 22.9 Å². The monoisotopic (exact) mass is 465 g/mol. The molecule has 0 aliphatic carbocycles. The van der Waals surface area contributed by atoms with E-state index in [-0.39, 0.29) is 19.0 Å². The summed E-state index contributed by atoms with van der Waals surface area (Å²) >= 11 is 5.98. The Bertz CT molecular complexity index is 1300. The summed E-state index contributed by atoms with van der Waals surface area (Å²) in [5.41, 5.74) is 2.51. The molecule has 0 aliphatic heterocycles. The first-order valence-electron chi connectivity index (χ1n) is 9.99. The van der Waals surface area contributed by atoms with Crippen molar-refractivity contribution >= 4 is 34.7 Å². The Balaban J connectivity index is 1.28. The SMILES string of the molecule is COc1ccc(C=CC(=O)OCCOc2ccc(-n3nc4ccc(Cl)cc4n3)c(O)c2)cc1. The summed E-state index contributed by atoms with van der Waals surface area (Å²) in [4.78, 5) is 13.2. The van der Waals surface area contributed by atoms with E-state index in [1.54, 1.807) is 55.7 Å². The lowest BCUT2D eigenvalue weighted by atomic mass is 10.2. The molecule has 0 radical (unpaired) electrons. The lowest BCUT2D eigenvalue weighted by molar-refractivity contribution is -0.138. The Hall–Kier alpha value is -4.04. The molecule has 9 heteroatoms. The van der Waals surface area contributed by atoms with Crippen LogP contribution in [0.2, 0.25) is 5.02 Å². The summed E-state index contributed by atoms with van der Waals surface area (Å²) < 4.78 is 15.8. The lowest BCUT2D eigenvalue weighted by Crippen LogP contribution is -2.10. The fourth-order valence-electron chi connectivity index (χ4n) is 2.99. The summed E-state index contributed by atoms with van der Waals surface area (Å²) in [5, 5.41) is 19.6. The first kappa shape index (κ1) is 22.2. The van der Waals surface area contributed by atoms with E-state index in [2.05, 4.69) is 10.2 Å². The molecule has 0 atom stereocenters. The topological polar surface area (TPSA) is 95.7 Å². The zero-order chi connectivity index (χ0) is 23.2. The van der Waals surface area contributed by atoms with Crippen molar-refractivity contribution in [2.24, 2.45) is 0 Å². The molecule has 4 rings (SSSR count). The molecule has 0 aliphatic rings. The van der Waals surface area contributed by atoms with Gasteiger partial charge in [0.25, 0.3) is 0 Å². The van der Waals surface area contributed by atoms with Crippen LogP contribution in [0.4, 0.5) is 0 Å². The van der Waals surface area contributed by atoms with E-state index in [0.29, 0.717) is 27.5 Å². The van der Waals surface area contributed by atoms with E-state index in [4.69, 9.17) is 25.8 Å². The fourth-order valence-corrected chi connectivity index (χ4v) is 3.15. The number of halogens is 1. The molecule has 0 unspecified atom stereocenters. The van der Waals surface area contributed by atoms with Crippen molar-refractivity contribution in [3.05, 3.63) is 77.3 Å². The van der Waals surface area contributed by atoms with E-state index < -0.39 is 5.97 Å². The van der Waals surface area contributed by atoms with Crippen LogP contribution in [0.3, 0.4) is 0 Å². The van der Waals surface area contributed by atoms with Crippen molar-refractivity contribution in [3.63, 3.8) is 0 Å². The van der Waals surface area contributed by atoms with Crippen LogP contribution in [0.5, 0.6) is 17.2 Å². The lowest BCUT2D eigenvalue weighted by Gasteiger charge is -2.09. The van der Waals surface area contributed by atoms with Gasteiger partial charge in [0, 0.05) is 17.2 Å². The summed E-state index contributed by atoms with van der Waals surface area (Å²) in [6, 6.07) is 17.2. The molecule has 3 aromatic carbocycles. The molecular formula is C24H20ClN3O5. The number of esters is 1. The number of aromatic nitrogens is 3. The molecule has 168 valence electrons. The van der Waals surface area contributed by atoms with E-state index in [9.17, 15) is 9.90 Å². The quantitative estimate of drug-likeness (QED) is 0.234. The molecule has 0 spiro atoms. The smallest absolute Gasteiger partial charge is 0.330 e. The summed E-state index contributed by atoms with van der Waals surface area (Å²) in [6.07, 6.45) is 3.00. The van der Waals surface area contributed by atoms with Gasteiger partial charge < -0.3 is 19.3 Å². The van der Waals surface area contributed by atoms with Crippen LogP contribution in [0.25, 0.3) is 22.8 Å². The average molecular weight is 466 g/mol. The number of methoxy groups -OCH3 is 1. The molecular weight excluding hydrogens is 446 g/mol. The van der Waals surface area contributed by atoms with Crippen molar-refractivity contribution < 1.29 is 24.1 Å². The largest absolute Gasteiger partial charge is 0.505 e.